The molecule has 1 aliphatic heterocycles. The highest BCUT2D eigenvalue weighted by atomic mass is 32.2. The van der Waals surface area contributed by atoms with E-state index in [4.69, 9.17) is 4.84 Å². The number of carbonyl (C=O) groups is 1. The minimum atomic E-state index is -4.16. The number of piperidine rings is 1. The third-order valence-corrected chi connectivity index (χ3v) is 6.50. The number of halogens is 2. The summed E-state index contributed by atoms with van der Waals surface area (Å²) < 4.78 is 53.4. The molecule has 28 heavy (non-hydrogen) atoms. The van der Waals surface area contributed by atoms with Crippen molar-refractivity contribution in [1.82, 2.24) is 9.79 Å². The van der Waals surface area contributed by atoms with E-state index in [1.165, 1.54) is 0 Å². The zero-order valence-electron chi connectivity index (χ0n) is 15.0. The van der Waals surface area contributed by atoms with Crippen molar-refractivity contribution in [1.29, 1.82) is 0 Å². The third-order valence-electron chi connectivity index (χ3n) is 4.59. The summed E-state index contributed by atoms with van der Waals surface area (Å²) in [7, 11) is -4.16. The van der Waals surface area contributed by atoms with Crippen molar-refractivity contribution >= 4 is 15.9 Å². The van der Waals surface area contributed by atoms with E-state index in [9.17, 15) is 22.0 Å². The molecular formula is C19H20F2N2O4S. The molecule has 6 nitrogen and oxygen atoms in total. The lowest BCUT2D eigenvalue weighted by atomic mass is 9.98. The van der Waals surface area contributed by atoms with Crippen LogP contribution < -0.4 is 5.48 Å². The van der Waals surface area contributed by atoms with E-state index in [1.54, 1.807) is 0 Å². The van der Waals surface area contributed by atoms with Gasteiger partial charge in [0.2, 0.25) is 15.9 Å². The van der Waals surface area contributed by atoms with Crippen LogP contribution in [0.2, 0.25) is 0 Å². The molecule has 1 amide bonds. The topological polar surface area (TPSA) is 75.7 Å². The fraction of sp³-hybridized carbons (Fsp3) is 0.316. The maximum absolute atomic E-state index is 13.9. The summed E-state index contributed by atoms with van der Waals surface area (Å²) in [6.45, 7) is 0.294. The molecule has 0 spiro atoms. The predicted molar refractivity (Wildman–Crippen MR) is 97.2 cm³/mol. The number of sulfonamides is 1. The van der Waals surface area contributed by atoms with E-state index < -0.39 is 32.5 Å². The lowest BCUT2D eigenvalue weighted by Gasteiger charge is -2.30. The third kappa shape index (κ3) is 4.73. The van der Waals surface area contributed by atoms with Gasteiger partial charge in [-0.2, -0.15) is 4.31 Å². The molecule has 2 aromatic rings. The quantitative estimate of drug-likeness (QED) is 0.743. The van der Waals surface area contributed by atoms with Crippen molar-refractivity contribution in [3.63, 3.8) is 0 Å². The molecule has 0 aromatic heterocycles. The van der Waals surface area contributed by atoms with Gasteiger partial charge in [0.05, 0.1) is 6.61 Å². The normalized spacial score (nSPS) is 16.1. The molecule has 1 heterocycles. The van der Waals surface area contributed by atoms with Gasteiger partial charge in [-0.1, -0.05) is 30.3 Å². The van der Waals surface area contributed by atoms with Gasteiger partial charge in [0.15, 0.2) is 0 Å². The first-order valence-corrected chi connectivity index (χ1v) is 10.2. The van der Waals surface area contributed by atoms with Crippen LogP contribution in [0.5, 0.6) is 0 Å². The van der Waals surface area contributed by atoms with Crippen LogP contribution in [0, 0.1) is 17.6 Å². The van der Waals surface area contributed by atoms with E-state index >= 15 is 0 Å². The first-order chi connectivity index (χ1) is 13.4. The molecule has 0 radical (unpaired) electrons. The zero-order chi connectivity index (χ0) is 20.1. The van der Waals surface area contributed by atoms with Crippen LogP contribution in [0.25, 0.3) is 0 Å². The predicted octanol–water partition coefficient (Wildman–Crippen LogP) is 2.61. The number of nitrogens with one attached hydrogen (secondary N) is 1. The fourth-order valence-electron chi connectivity index (χ4n) is 3.02. The van der Waals surface area contributed by atoms with Gasteiger partial charge in [-0.3, -0.25) is 9.63 Å². The fourth-order valence-corrected chi connectivity index (χ4v) is 4.57. The number of hydroxylamine groups is 1. The molecule has 1 saturated heterocycles. The molecule has 0 saturated carbocycles. The average molecular weight is 410 g/mol. The summed E-state index contributed by atoms with van der Waals surface area (Å²) in [5.74, 6) is -2.58. The van der Waals surface area contributed by atoms with Crippen molar-refractivity contribution in [3.8, 4) is 0 Å². The van der Waals surface area contributed by atoms with Gasteiger partial charge in [0.25, 0.3) is 0 Å². The van der Waals surface area contributed by atoms with Crippen LogP contribution in [0.4, 0.5) is 8.78 Å². The van der Waals surface area contributed by atoms with E-state index in [1.807, 2.05) is 30.3 Å². The summed E-state index contributed by atoms with van der Waals surface area (Å²) in [5, 5.41) is 0. The highest BCUT2D eigenvalue weighted by Gasteiger charge is 2.33. The highest BCUT2D eigenvalue weighted by molar-refractivity contribution is 7.89. The van der Waals surface area contributed by atoms with Gasteiger partial charge >= 0.3 is 0 Å². The van der Waals surface area contributed by atoms with Crippen LogP contribution >= 0.6 is 0 Å². The van der Waals surface area contributed by atoms with Gasteiger partial charge in [-0.25, -0.2) is 22.7 Å². The molecule has 1 aliphatic rings. The van der Waals surface area contributed by atoms with Gasteiger partial charge in [0, 0.05) is 19.0 Å². The molecule has 0 atom stereocenters. The molecular weight excluding hydrogens is 390 g/mol. The van der Waals surface area contributed by atoms with Gasteiger partial charge in [0.1, 0.15) is 16.5 Å². The number of hydrogen-bond donors (Lipinski definition) is 1. The second kappa shape index (κ2) is 8.76. The molecule has 3 rings (SSSR count). The summed E-state index contributed by atoms with van der Waals surface area (Å²) in [6.07, 6.45) is 0.521. The summed E-state index contributed by atoms with van der Waals surface area (Å²) >= 11 is 0. The zero-order valence-corrected chi connectivity index (χ0v) is 15.8. The first kappa shape index (κ1) is 20.4. The van der Waals surface area contributed by atoms with Gasteiger partial charge in [-0.15, -0.1) is 0 Å². The van der Waals surface area contributed by atoms with Crippen molar-refractivity contribution < 1.29 is 26.8 Å². The average Bonchev–Trinajstić information content (AvgIpc) is 2.70. The maximum Gasteiger partial charge on any atom is 0.246 e. The molecule has 9 heteroatoms. The first-order valence-electron chi connectivity index (χ1n) is 8.78. The van der Waals surface area contributed by atoms with Crippen molar-refractivity contribution in [3.05, 3.63) is 65.7 Å². The van der Waals surface area contributed by atoms with Crippen molar-refractivity contribution in [2.24, 2.45) is 5.92 Å². The molecule has 0 bridgehead atoms. The Morgan fingerprint density at radius 2 is 1.79 bits per heavy atom. The SMILES string of the molecule is O=C(NOCc1ccccc1)C1CCN(S(=O)(=O)c2cc(F)ccc2F)CC1. The summed E-state index contributed by atoms with van der Waals surface area (Å²) in [4.78, 5) is 16.7. The molecule has 2 aromatic carbocycles. The Balaban J connectivity index is 1.53. The Hall–Kier alpha value is -2.36. The van der Waals surface area contributed by atoms with Crippen LogP contribution in [0.15, 0.2) is 53.4 Å². The Morgan fingerprint density at radius 3 is 2.46 bits per heavy atom. The maximum atomic E-state index is 13.9. The van der Waals surface area contributed by atoms with E-state index in [0.29, 0.717) is 6.07 Å². The van der Waals surface area contributed by atoms with E-state index in [0.717, 1.165) is 22.0 Å². The summed E-state index contributed by atoms with van der Waals surface area (Å²) in [6, 6.07) is 11.6. The number of benzene rings is 2. The second-order valence-corrected chi connectivity index (χ2v) is 8.40. The largest absolute Gasteiger partial charge is 0.272 e. The van der Waals surface area contributed by atoms with E-state index in [-0.39, 0.29) is 38.4 Å². The molecule has 0 unspecified atom stereocenters. The monoisotopic (exact) mass is 410 g/mol. The lowest BCUT2D eigenvalue weighted by Crippen LogP contribution is -2.43. The van der Waals surface area contributed by atoms with Crippen molar-refractivity contribution in [2.75, 3.05) is 13.1 Å². The second-order valence-electron chi connectivity index (χ2n) is 6.49. The Labute approximate surface area is 162 Å². The molecule has 1 fully saturated rings. The van der Waals surface area contributed by atoms with Gasteiger partial charge < -0.3 is 0 Å². The molecule has 1 N–H and O–H groups in total. The smallest absolute Gasteiger partial charge is 0.246 e. The van der Waals surface area contributed by atoms with Gasteiger partial charge in [-0.05, 0) is 36.6 Å². The standard InChI is InChI=1S/C19H20F2N2O4S/c20-16-6-7-17(21)18(12-16)28(25,26)23-10-8-15(9-11-23)19(24)22-27-13-14-4-2-1-3-5-14/h1-7,12,15H,8-11,13H2,(H,22,24). The Kier molecular flexibility index (Phi) is 6.38. The number of carbonyl (C=O) groups excluding carboxylic acids is 1. The number of nitrogens with zero attached hydrogens (tertiary/aromatic N) is 1. The van der Waals surface area contributed by atoms with Crippen molar-refractivity contribution in [2.45, 2.75) is 24.3 Å². The molecule has 150 valence electrons. The van der Waals surface area contributed by atoms with Crippen LogP contribution in [-0.4, -0.2) is 31.7 Å². The summed E-state index contributed by atoms with van der Waals surface area (Å²) in [5.41, 5.74) is 3.29. The van der Waals surface area contributed by atoms with E-state index in [2.05, 4.69) is 5.48 Å². The molecule has 0 aliphatic carbocycles. The lowest BCUT2D eigenvalue weighted by molar-refractivity contribution is -0.140. The number of hydrogen-bond acceptors (Lipinski definition) is 4. The van der Waals surface area contributed by atoms with Crippen LogP contribution in [0.1, 0.15) is 18.4 Å². The highest BCUT2D eigenvalue weighted by Crippen LogP contribution is 2.26. The number of amides is 1. The van der Waals surface area contributed by atoms with Crippen LogP contribution in [0.3, 0.4) is 0 Å². The van der Waals surface area contributed by atoms with Crippen LogP contribution in [-0.2, 0) is 26.3 Å². The minimum absolute atomic E-state index is 0.0368. The Bertz CT molecular complexity index is 930. The number of rotatable bonds is 6. The minimum Gasteiger partial charge on any atom is -0.272 e. The Morgan fingerprint density at radius 1 is 1.11 bits per heavy atom.